The third-order valence-corrected chi connectivity index (χ3v) is 15.6. The van der Waals surface area contributed by atoms with E-state index >= 15 is 0 Å². The highest BCUT2D eigenvalue weighted by Crippen LogP contribution is 2.15. The Morgan fingerprint density at radius 2 is 0.547 bits per heavy atom. The summed E-state index contributed by atoms with van der Waals surface area (Å²) in [7, 11) is 0. The van der Waals surface area contributed by atoms with Crippen LogP contribution < -0.4 is 87.2 Å². The van der Waals surface area contributed by atoms with Crippen LogP contribution in [0.1, 0.15) is 184 Å². The van der Waals surface area contributed by atoms with Crippen molar-refractivity contribution in [2.75, 3.05) is 26.2 Å². The number of rotatable bonds is 49. The summed E-state index contributed by atoms with van der Waals surface area (Å²) in [4.78, 5) is 165. The molecule has 1 aromatic rings. The molecule has 0 saturated carbocycles. The van der Waals surface area contributed by atoms with Gasteiger partial charge in [0.25, 0.3) is 0 Å². The second-order valence-corrected chi connectivity index (χ2v) is 26.5. The normalized spacial score (nSPS) is 15.2. The Labute approximate surface area is 562 Å². The first-order valence-corrected chi connectivity index (χ1v) is 34.0. The molecule has 0 unspecified atom stereocenters. The van der Waals surface area contributed by atoms with E-state index in [0.29, 0.717) is 64.5 Å². The van der Waals surface area contributed by atoms with Crippen molar-refractivity contribution in [2.24, 2.45) is 52.3 Å². The highest BCUT2D eigenvalue weighted by molar-refractivity contribution is 5.99. The van der Waals surface area contributed by atoms with E-state index in [-0.39, 0.29) is 94.5 Å². The van der Waals surface area contributed by atoms with Crippen molar-refractivity contribution in [1.29, 1.82) is 0 Å². The molecule has 1 rings (SSSR count). The van der Waals surface area contributed by atoms with Crippen LogP contribution in [0.2, 0.25) is 0 Å². The van der Waals surface area contributed by atoms with Crippen molar-refractivity contribution < 1.29 is 62.6 Å². The van der Waals surface area contributed by atoms with E-state index in [0.717, 1.165) is 5.56 Å². The minimum absolute atomic E-state index is 0.0649. The summed E-state index contributed by atoms with van der Waals surface area (Å²) < 4.78 is 0. The van der Waals surface area contributed by atoms with Gasteiger partial charge in [0.1, 0.15) is 66.5 Å². The van der Waals surface area contributed by atoms with Crippen LogP contribution in [0.4, 0.5) is 0 Å². The number of hydrogen-bond donors (Lipinski definition) is 17. The number of carboxylic acids is 1. The Morgan fingerprint density at radius 1 is 0.316 bits per heavy atom. The Bertz CT molecular complexity index is 2560. The van der Waals surface area contributed by atoms with Crippen LogP contribution in [0.5, 0.6) is 0 Å². The van der Waals surface area contributed by atoms with Gasteiger partial charge in [-0.3, -0.25) is 52.7 Å². The summed E-state index contributed by atoms with van der Waals surface area (Å²) in [6.07, 6.45) is 4.76. The molecule has 0 bridgehead atoms. The third kappa shape index (κ3) is 35.3. The molecule has 1 aromatic carbocycles. The standard InChI is InChI=1S/C66H118N16O13/c1-38(2)33-51(81-65(93)53(35-40(5)6)80-61(89)48(26-16-20-30-68)76-55(83)42(9)72-58(86)46(71)37-45-23-13-12-14-24-45)63(91)74-43(10)56(84)75-47(25-15-19-29-67)59(87)73-44(11)57(85)79-52(34-39(3)4)64(92)78-49(27-17-21-31-69)60(88)77-50(28-18-22-32-70)62(90)82-54(66(94)95)36-41(7)8/h12-14,23-24,38-44,46-54H,15-22,25-37,67-71H2,1-11H3,(H,72,86)(H,73,87)(H,74,91)(H,75,84)(H,76,83)(H,77,88)(H,78,92)(H,79,85)(H,80,89)(H,81,93)(H,82,90)(H,94,95)/t42-,43-,44-,46-,47-,48-,49-,50-,51-,52-,53-,54-/m0/s1. The molecule has 0 spiro atoms. The number of aliphatic carboxylic acids is 1. The van der Waals surface area contributed by atoms with Gasteiger partial charge in [-0.1, -0.05) is 85.7 Å². The van der Waals surface area contributed by atoms with E-state index in [1.165, 1.54) is 20.8 Å². The zero-order valence-corrected chi connectivity index (χ0v) is 58.2. The Kier molecular flexibility index (Phi) is 42.1. The zero-order chi connectivity index (χ0) is 71.9. The molecule has 22 N–H and O–H groups in total. The molecule has 0 fully saturated rings. The molecule has 12 atom stereocenters. The maximum absolute atomic E-state index is 14.2. The highest BCUT2D eigenvalue weighted by atomic mass is 16.4. The Balaban J connectivity index is 3.33. The minimum atomic E-state index is -1.29. The number of nitrogens with two attached hydrogens (primary N) is 5. The SMILES string of the molecule is CC(C)C[C@H](NC(=O)[C@H](CCCCN)NC(=O)[C@H](CCCCN)NC(=O)[C@H](CC(C)C)NC(=O)[C@H](C)NC(=O)[C@H](CCCCN)NC(=O)[C@H](C)NC(=O)[C@H](CC(C)C)NC(=O)[C@H](CC(C)C)NC(=O)[C@H](CCCCN)NC(=O)[C@H](C)NC(=O)[C@@H](N)Cc1ccccc1)C(=O)O. The second kappa shape index (κ2) is 46.7. The van der Waals surface area contributed by atoms with Crippen molar-refractivity contribution >= 4 is 70.9 Å². The van der Waals surface area contributed by atoms with Crippen LogP contribution in [0, 0.1) is 23.7 Å². The summed E-state index contributed by atoms with van der Waals surface area (Å²) in [5.41, 5.74) is 30.0. The lowest BCUT2D eigenvalue weighted by atomic mass is 9.99. The van der Waals surface area contributed by atoms with Crippen LogP contribution in [-0.4, -0.2) is 175 Å². The van der Waals surface area contributed by atoms with Crippen LogP contribution in [-0.2, 0) is 64.0 Å². The summed E-state index contributed by atoms with van der Waals surface area (Å²) >= 11 is 0. The van der Waals surface area contributed by atoms with E-state index < -0.39 is 143 Å². The smallest absolute Gasteiger partial charge is 0.326 e. The van der Waals surface area contributed by atoms with Crippen molar-refractivity contribution in [2.45, 2.75) is 258 Å². The van der Waals surface area contributed by atoms with E-state index in [1.54, 1.807) is 0 Å². The van der Waals surface area contributed by atoms with Crippen molar-refractivity contribution in [3.8, 4) is 0 Å². The van der Waals surface area contributed by atoms with Gasteiger partial charge in [-0.2, -0.15) is 0 Å². The second-order valence-electron chi connectivity index (χ2n) is 26.5. The molecule has 11 amide bonds. The van der Waals surface area contributed by atoms with Crippen molar-refractivity contribution in [3.05, 3.63) is 35.9 Å². The largest absolute Gasteiger partial charge is 0.480 e. The summed E-state index contributed by atoms with van der Waals surface area (Å²) in [5.74, 6) is -9.67. The predicted octanol–water partition coefficient (Wildman–Crippen LogP) is -0.266. The summed E-state index contributed by atoms with van der Waals surface area (Å²) in [6.45, 7) is 20.0. The molecule has 0 saturated heterocycles. The van der Waals surface area contributed by atoms with E-state index in [4.69, 9.17) is 28.7 Å². The summed E-state index contributed by atoms with van der Waals surface area (Å²) in [5, 5.41) is 39.3. The third-order valence-electron chi connectivity index (χ3n) is 15.6. The van der Waals surface area contributed by atoms with Crippen LogP contribution in [0.15, 0.2) is 30.3 Å². The van der Waals surface area contributed by atoms with E-state index in [9.17, 15) is 62.6 Å². The minimum Gasteiger partial charge on any atom is -0.480 e. The molecule has 0 radical (unpaired) electrons. The van der Waals surface area contributed by atoms with Crippen molar-refractivity contribution in [1.82, 2.24) is 58.5 Å². The molecule has 0 aliphatic heterocycles. The van der Waals surface area contributed by atoms with Gasteiger partial charge in [-0.15, -0.1) is 0 Å². The predicted molar refractivity (Wildman–Crippen MR) is 363 cm³/mol. The fourth-order valence-corrected chi connectivity index (χ4v) is 10.2. The van der Waals surface area contributed by atoms with E-state index in [2.05, 4.69) is 58.5 Å². The van der Waals surface area contributed by atoms with Gasteiger partial charge in [0, 0.05) is 0 Å². The molecule has 0 heterocycles. The number of carbonyl (C=O) groups excluding carboxylic acids is 11. The molecule has 540 valence electrons. The number of carbonyl (C=O) groups is 12. The monoisotopic (exact) mass is 1340 g/mol. The molecular weight excluding hydrogens is 1220 g/mol. The molecule has 29 heteroatoms. The van der Waals surface area contributed by atoms with Crippen LogP contribution >= 0.6 is 0 Å². The number of nitrogens with one attached hydrogen (secondary N) is 11. The quantitative estimate of drug-likeness (QED) is 0.0374. The lowest BCUT2D eigenvalue weighted by Crippen LogP contribution is -2.60. The maximum atomic E-state index is 14.2. The fourth-order valence-electron chi connectivity index (χ4n) is 10.2. The van der Waals surface area contributed by atoms with Gasteiger partial charge in [0.05, 0.1) is 6.04 Å². The number of benzene rings is 1. The molecular formula is C66H118N16O13. The maximum Gasteiger partial charge on any atom is 0.326 e. The number of carboxylic acid groups (broad SMARTS) is 1. The lowest BCUT2D eigenvalue weighted by Gasteiger charge is -2.28. The Hall–Kier alpha value is -7.34. The van der Waals surface area contributed by atoms with Crippen LogP contribution in [0.25, 0.3) is 0 Å². The number of amides is 11. The van der Waals surface area contributed by atoms with Gasteiger partial charge in [-0.25, -0.2) is 4.79 Å². The van der Waals surface area contributed by atoms with Crippen LogP contribution in [0.3, 0.4) is 0 Å². The van der Waals surface area contributed by atoms with Gasteiger partial charge >= 0.3 is 5.97 Å². The molecule has 95 heavy (non-hydrogen) atoms. The Morgan fingerprint density at radius 3 is 0.842 bits per heavy atom. The molecule has 0 aliphatic carbocycles. The van der Waals surface area contributed by atoms with Gasteiger partial charge in [-0.05, 0) is 185 Å². The fraction of sp³-hybridized carbons (Fsp3) is 0.727. The first-order chi connectivity index (χ1) is 44.8. The average Bonchev–Trinajstić information content (AvgIpc) is 0.970. The lowest BCUT2D eigenvalue weighted by molar-refractivity contribution is -0.143. The summed E-state index contributed by atoms with van der Waals surface area (Å²) in [6, 6.07) is -5.13. The zero-order valence-electron chi connectivity index (χ0n) is 58.2. The molecule has 0 aliphatic rings. The number of hydrogen-bond acceptors (Lipinski definition) is 17. The molecule has 29 nitrogen and oxygen atoms in total. The van der Waals surface area contributed by atoms with Gasteiger partial charge < -0.3 is 92.3 Å². The first-order valence-electron chi connectivity index (χ1n) is 34.0. The molecule has 0 aromatic heterocycles. The topological polar surface area (TPSA) is 487 Å². The average molecular weight is 1340 g/mol. The van der Waals surface area contributed by atoms with Gasteiger partial charge in [0.15, 0.2) is 0 Å². The van der Waals surface area contributed by atoms with E-state index in [1.807, 2.05) is 85.7 Å². The highest BCUT2D eigenvalue weighted by Gasteiger charge is 2.36. The first kappa shape index (κ1) is 85.7. The number of unbranched alkanes of at least 4 members (excludes halogenated alkanes) is 4. The van der Waals surface area contributed by atoms with Gasteiger partial charge in [0.2, 0.25) is 65.0 Å². The van der Waals surface area contributed by atoms with Crippen molar-refractivity contribution in [3.63, 3.8) is 0 Å².